The lowest BCUT2D eigenvalue weighted by molar-refractivity contribution is 0.101. The van der Waals surface area contributed by atoms with E-state index in [0.717, 1.165) is 0 Å². The Balaban J connectivity index is 2.31. The van der Waals surface area contributed by atoms with Gasteiger partial charge in [-0.2, -0.15) is 0 Å². The average molecular weight is 355 g/mol. The standard InChI is InChI=1S/C13H11BrN2O3S/c1-7(17)9-4-3-8(19-2)5-10(9)15-12(18)13-16-11(14)6-20-13/h3-6H,1-2H3,(H,15,18). The number of carbonyl (C=O) groups excluding carboxylic acids is 2. The molecule has 0 spiro atoms. The zero-order chi connectivity index (χ0) is 14.7. The largest absolute Gasteiger partial charge is 0.497 e. The molecule has 0 aliphatic rings. The highest BCUT2D eigenvalue weighted by Gasteiger charge is 2.15. The molecule has 0 bridgehead atoms. The molecule has 0 radical (unpaired) electrons. The first-order valence-corrected chi connectivity index (χ1v) is 7.30. The molecule has 104 valence electrons. The number of amides is 1. The van der Waals surface area contributed by atoms with E-state index in [1.54, 1.807) is 23.6 Å². The van der Waals surface area contributed by atoms with Crippen LogP contribution in [-0.2, 0) is 0 Å². The highest BCUT2D eigenvalue weighted by atomic mass is 79.9. The van der Waals surface area contributed by atoms with Crippen molar-refractivity contribution in [2.45, 2.75) is 6.92 Å². The van der Waals surface area contributed by atoms with Gasteiger partial charge in [0.25, 0.3) is 5.91 Å². The smallest absolute Gasteiger partial charge is 0.284 e. The highest BCUT2D eigenvalue weighted by Crippen LogP contribution is 2.24. The Kier molecular flexibility index (Phi) is 4.51. The van der Waals surface area contributed by atoms with Crippen LogP contribution in [0.2, 0.25) is 0 Å². The summed E-state index contributed by atoms with van der Waals surface area (Å²) in [6.07, 6.45) is 0. The molecule has 7 heteroatoms. The fourth-order valence-electron chi connectivity index (χ4n) is 1.59. The molecule has 2 rings (SSSR count). The van der Waals surface area contributed by atoms with E-state index in [1.807, 2.05) is 0 Å². The van der Waals surface area contributed by atoms with Gasteiger partial charge in [-0.05, 0) is 35.0 Å². The lowest BCUT2D eigenvalue weighted by Crippen LogP contribution is -2.14. The molecule has 2 aromatic rings. The molecule has 0 aliphatic carbocycles. The Morgan fingerprint density at radius 3 is 2.70 bits per heavy atom. The van der Waals surface area contributed by atoms with E-state index in [-0.39, 0.29) is 11.7 Å². The molecule has 1 aromatic carbocycles. The molecule has 0 aliphatic heterocycles. The van der Waals surface area contributed by atoms with Crippen LogP contribution in [0.15, 0.2) is 28.2 Å². The van der Waals surface area contributed by atoms with Gasteiger partial charge in [0.15, 0.2) is 10.8 Å². The summed E-state index contributed by atoms with van der Waals surface area (Å²) in [7, 11) is 1.52. The molecule has 0 atom stereocenters. The van der Waals surface area contributed by atoms with Crippen molar-refractivity contribution >= 4 is 44.6 Å². The van der Waals surface area contributed by atoms with Crippen molar-refractivity contribution in [2.75, 3.05) is 12.4 Å². The predicted octanol–water partition coefficient (Wildman–Crippen LogP) is 3.37. The molecule has 1 aromatic heterocycles. The fourth-order valence-corrected chi connectivity index (χ4v) is 2.74. The minimum Gasteiger partial charge on any atom is -0.497 e. The third kappa shape index (κ3) is 3.23. The summed E-state index contributed by atoms with van der Waals surface area (Å²) >= 11 is 4.41. The Hall–Kier alpha value is -1.73. The van der Waals surface area contributed by atoms with Crippen molar-refractivity contribution in [1.82, 2.24) is 4.98 Å². The van der Waals surface area contributed by atoms with Crippen molar-refractivity contribution in [2.24, 2.45) is 0 Å². The number of halogens is 1. The summed E-state index contributed by atoms with van der Waals surface area (Å²) in [6.45, 7) is 1.44. The monoisotopic (exact) mass is 354 g/mol. The zero-order valence-electron chi connectivity index (χ0n) is 10.8. The lowest BCUT2D eigenvalue weighted by Gasteiger charge is -2.10. The van der Waals surface area contributed by atoms with Gasteiger partial charge in [-0.25, -0.2) is 4.98 Å². The minimum atomic E-state index is -0.364. The number of rotatable bonds is 4. The number of carbonyl (C=O) groups is 2. The van der Waals surface area contributed by atoms with E-state index in [4.69, 9.17) is 4.74 Å². The second-order valence-corrected chi connectivity index (χ2v) is 5.57. The number of hydrogen-bond acceptors (Lipinski definition) is 5. The van der Waals surface area contributed by atoms with Gasteiger partial charge in [-0.3, -0.25) is 9.59 Å². The summed E-state index contributed by atoms with van der Waals surface area (Å²) in [4.78, 5) is 27.7. The van der Waals surface area contributed by atoms with E-state index in [1.165, 1.54) is 25.4 Å². The van der Waals surface area contributed by atoms with Gasteiger partial charge in [0, 0.05) is 17.0 Å². The number of nitrogens with one attached hydrogen (secondary N) is 1. The van der Waals surface area contributed by atoms with Crippen LogP contribution in [-0.4, -0.2) is 23.8 Å². The maximum absolute atomic E-state index is 12.1. The van der Waals surface area contributed by atoms with Crippen LogP contribution in [0.25, 0.3) is 0 Å². The lowest BCUT2D eigenvalue weighted by atomic mass is 10.1. The summed E-state index contributed by atoms with van der Waals surface area (Å²) in [6, 6.07) is 4.90. The molecule has 20 heavy (non-hydrogen) atoms. The van der Waals surface area contributed by atoms with E-state index in [2.05, 4.69) is 26.2 Å². The first-order chi connectivity index (χ1) is 9.51. The summed E-state index contributed by atoms with van der Waals surface area (Å²) in [5.74, 6) is 0.0605. The van der Waals surface area contributed by atoms with E-state index >= 15 is 0 Å². The van der Waals surface area contributed by atoms with Gasteiger partial charge in [-0.15, -0.1) is 11.3 Å². The van der Waals surface area contributed by atoms with Gasteiger partial charge in [0.1, 0.15) is 10.4 Å². The molecular weight excluding hydrogens is 344 g/mol. The number of anilines is 1. The maximum atomic E-state index is 12.1. The Morgan fingerprint density at radius 1 is 1.40 bits per heavy atom. The first-order valence-electron chi connectivity index (χ1n) is 5.62. The predicted molar refractivity (Wildman–Crippen MR) is 80.8 cm³/mol. The minimum absolute atomic E-state index is 0.136. The SMILES string of the molecule is COc1ccc(C(C)=O)c(NC(=O)c2nc(Br)cs2)c1. The summed E-state index contributed by atoms with van der Waals surface area (Å²) in [5, 5.41) is 4.71. The van der Waals surface area contributed by atoms with E-state index < -0.39 is 0 Å². The van der Waals surface area contributed by atoms with Crippen LogP contribution >= 0.6 is 27.3 Å². The van der Waals surface area contributed by atoms with Crippen LogP contribution in [0.3, 0.4) is 0 Å². The molecule has 0 saturated heterocycles. The normalized spacial score (nSPS) is 10.2. The van der Waals surface area contributed by atoms with Gasteiger partial charge < -0.3 is 10.1 Å². The Labute approximate surface area is 128 Å². The third-order valence-corrected chi connectivity index (χ3v) is 4.07. The molecule has 1 N–H and O–H groups in total. The second-order valence-electron chi connectivity index (χ2n) is 3.90. The third-order valence-electron chi connectivity index (χ3n) is 2.52. The molecule has 0 fully saturated rings. The Bertz CT molecular complexity index is 669. The fraction of sp³-hybridized carbons (Fsp3) is 0.154. The number of aromatic nitrogens is 1. The van der Waals surface area contributed by atoms with Gasteiger partial charge >= 0.3 is 0 Å². The first kappa shape index (κ1) is 14.7. The number of ether oxygens (including phenoxy) is 1. The quantitative estimate of drug-likeness (QED) is 0.854. The topological polar surface area (TPSA) is 68.3 Å². The van der Waals surface area contributed by atoms with E-state index in [0.29, 0.717) is 26.6 Å². The van der Waals surface area contributed by atoms with Crippen LogP contribution < -0.4 is 10.1 Å². The second kappa shape index (κ2) is 6.15. The average Bonchev–Trinajstić information content (AvgIpc) is 2.85. The van der Waals surface area contributed by atoms with Crippen molar-refractivity contribution in [3.05, 3.63) is 38.8 Å². The molecule has 5 nitrogen and oxygen atoms in total. The highest BCUT2D eigenvalue weighted by molar-refractivity contribution is 9.10. The molecular formula is C13H11BrN2O3S. The molecule has 1 amide bonds. The van der Waals surface area contributed by atoms with Gasteiger partial charge in [-0.1, -0.05) is 0 Å². The summed E-state index contributed by atoms with van der Waals surface area (Å²) < 4.78 is 5.70. The number of hydrogen-bond donors (Lipinski definition) is 1. The zero-order valence-corrected chi connectivity index (χ0v) is 13.2. The Morgan fingerprint density at radius 2 is 2.15 bits per heavy atom. The van der Waals surface area contributed by atoms with Gasteiger partial charge in [0.2, 0.25) is 0 Å². The number of benzene rings is 1. The van der Waals surface area contributed by atoms with Gasteiger partial charge in [0.05, 0.1) is 12.8 Å². The van der Waals surface area contributed by atoms with E-state index in [9.17, 15) is 9.59 Å². The van der Waals surface area contributed by atoms with Crippen molar-refractivity contribution < 1.29 is 14.3 Å². The number of Topliss-reactive ketones (excluding diaryl/α,β-unsaturated/α-hetero) is 1. The molecule has 0 saturated carbocycles. The molecule has 0 unspecified atom stereocenters. The van der Waals surface area contributed by atoms with Crippen molar-refractivity contribution in [3.63, 3.8) is 0 Å². The van der Waals surface area contributed by atoms with Crippen LogP contribution in [0, 0.1) is 0 Å². The number of thiazole rings is 1. The maximum Gasteiger partial charge on any atom is 0.284 e. The van der Waals surface area contributed by atoms with Crippen LogP contribution in [0.5, 0.6) is 5.75 Å². The number of methoxy groups -OCH3 is 1. The number of nitrogens with zero attached hydrogens (tertiary/aromatic N) is 1. The van der Waals surface area contributed by atoms with Crippen LogP contribution in [0.4, 0.5) is 5.69 Å². The van der Waals surface area contributed by atoms with Crippen molar-refractivity contribution in [1.29, 1.82) is 0 Å². The number of ketones is 1. The van der Waals surface area contributed by atoms with Crippen LogP contribution in [0.1, 0.15) is 27.1 Å². The molecule has 1 heterocycles. The summed E-state index contributed by atoms with van der Waals surface area (Å²) in [5.41, 5.74) is 0.836. The van der Waals surface area contributed by atoms with Crippen molar-refractivity contribution in [3.8, 4) is 5.75 Å².